The van der Waals surface area contributed by atoms with E-state index in [1.807, 2.05) is 0 Å². The third-order valence-corrected chi connectivity index (χ3v) is 7.35. The quantitative estimate of drug-likeness (QED) is 0.187. The van der Waals surface area contributed by atoms with Crippen molar-refractivity contribution in [2.45, 2.75) is 23.9 Å². The van der Waals surface area contributed by atoms with E-state index in [2.05, 4.69) is 0 Å². The van der Waals surface area contributed by atoms with Gasteiger partial charge in [0.1, 0.15) is 23.0 Å². The molecule has 0 amide bonds. The zero-order valence-electron chi connectivity index (χ0n) is 21.1. The molecule has 9 heteroatoms. The fourth-order valence-corrected chi connectivity index (χ4v) is 5.76. The van der Waals surface area contributed by atoms with E-state index in [1.54, 1.807) is 18.2 Å². The fourth-order valence-electron chi connectivity index (χ4n) is 5.76. The second-order valence-electron chi connectivity index (χ2n) is 9.59. The summed E-state index contributed by atoms with van der Waals surface area (Å²) in [7, 11) is 2.80. The Kier molecular flexibility index (Phi) is 6.53. The Morgan fingerprint density at radius 2 is 1.21 bits per heavy atom. The highest BCUT2D eigenvalue weighted by Gasteiger charge is 2.48. The number of aromatic hydroxyl groups is 6. The molecule has 4 aromatic rings. The average Bonchev–Trinajstić information content (AvgIpc) is 3.23. The molecular weight excluding hydrogens is 504 g/mol. The standard InChI is InChI=1S/C30H28O9/c1-38-24-9-14(3-5-21(24)34)26-27(16-7-17(31)11-18(32)8-16)29(20-12-19(33)13-23(36)28(20)26)30(37)15-4-6-22(35)25(10-15)39-2/h3-13,26-27,29-37H,1-2H3/t26-,27-,29-,30-/m1/s1. The minimum Gasteiger partial charge on any atom is -0.508 e. The number of aliphatic hydroxyl groups excluding tert-OH is 1. The zero-order valence-corrected chi connectivity index (χ0v) is 21.1. The second kappa shape index (κ2) is 9.85. The van der Waals surface area contributed by atoms with Gasteiger partial charge >= 0.3 is 0 Å². The van der Waals surface area contributed by atoms with Crippen LogP contribution in [0, 0.1) is 0 Å². The largest absolute Gasteiger partial charge is 0.508 e. The smallest absolute Gasteiger partial charge is 0.160 e. The number of phenolic OH excluding ortho intramolecular Hbond substituents is 6. The molecular formula is C30H28O9. The maximum atomic E-state index is 11.8. The van der Waals surface area contributed by atoms with Gasteiger partial charge in [0.05, 0.1) is 20.3 Å². The minimum absolute atomic E-state index is 0.0891. The van der Waals surface area contributed by atoms with Crippen LogP contribution in [0.1, 0.15) is 51.7 Å². The van der Waals surface area contributed by atoms with E-state index in [-0.39, 0.29) is 46.0 Å². The number of hydrogen-bond acceptors (Lipinski definition) is 9. The molecule has 0 bridgehead atoms. The molecule has 5 rings (SSSR count). The van der Waals surface area contributed by atoms with Crippen LogP contribution in [0.2, 0.25) is 0 Å². The van der Waals surface area contributed by atoms with Gasteiger partial charge in [-0.05, 0) is 64.7 Å². The van der Waals surface area contributed by atoms with Crippen molar-refractivity contribution in [1.29, 1.82) is 0 Å². The summed E-state index contributed by atoms with van der Waals surface area (Å²) in [5.74, 6) is -2.88. The first-order chi connectivity index (χ1) is 18.6. The molecule has 0 saturated carbocycles. The minimum atomic E-state index is -1.25. The van der Waals surface area contributed by atoms with Gasteiger partial charge in [-0.1, -0.05) is 12.1 Å². The summed E-state index contributed by atoms with van der Waals surface area (Å²) in [6, 6.07) is 16.0. The van der Waals surface area contributed by atoms with Crippen LogP contribution in [0.5, 0.6) is 46.0 Å². The van der Waals surface area contributed by atoms with Crippen molar-refractivity contribution in [3.05, 3.63) is 94.5 Å². The zero-order chi connectivity index (χ0) is 28.0. The van der Waals surface area contributed by atoms with Gasteiger partial charge in [0.15, 0.2) is 23.0 Å². The number of rotatable bonds is 6. The molecule has 39 heavy (non-hydrogen) atoms. The molecule has 0 heterocycles. The van der Waals surface area contributed by atoms with E-state index in [9.17, 15) is 35.7 Å². The molecule has 202 valence electrons. The first kappa shape index (κ1) is 25.9. The average molecular weight is 533 g/mol. The first-order valence-corrected chi connectivity index (χ1v) is 12.1. The van der Waals surface area contributed by atoms with Crippen LogP contribution in [0.15, 0.2) is 66.7 Å². The van der Waals surface area contributed by atoms with Gasteiger partial charge in [0.25, 0.3) is 0 Å². The Balaban J connectivity index is 1.80. The molecule has 0 unspecified atom stereocenters. The third-order valence-electron chi connectivity index (χ3n) is 7.35. The van der Waals surface area contributed by atoms with E-state index in [1.165, 1.54) is 62.8 Å². The summed E-state index contributed by atoms with van der Waals surface area (Å²) in [5, 5.41) is 74.5. The van der Waals surface area contributed by atoms with Crippen LogP contribution in [-0.2, 0) is 0 Å². The summed E-state index contributed by atoms with van der Waals surface area (Å²) in [6.45, 7) is 0. The maximum absolute atomic E-state index is 11.8. The van der Waals surface area contributed by atoms with Gasteiger partial charge in [-0.3, -0.25) is 0 Å². The van der Waals surface area contributed by atoms with Crippen LogP contribution < -0.4 is 9.47 Å². The lowest BCUT2D eigenvalue weighted by Crippen LogP contribution is -2.18. The van der Waals surface area contributed by atoms with Crippen molar-refractivity contribution in [2.24, 2.45) is 0 Å². The highest BCUT2D eigenvalue weighted by Crippen LogP contribution is 2.62. The third kappa shape index (κ3) is 4.46. The maximum Gasteiger partial charge on any atom is 0.160 e. The normalized spacial score (nSPS) is 18.9. The first-order valence-electron chi connectivity index (χ1n) is 12.1. The lowest BCUT2D eigenvalue weighted by Gasteiger charge is -2.30. The lowest BCUT2D eigenvalue weighted by molar-refractivity contribution is 0.134. The van der Waals surface area contributed by atoms with E-state index in [4.69, 9.17) is 9.47 Å². The van der Waals surface area contributed by atoms with Crippen LogP contribution in [0.25, 0.3) is 0 Å². The number of methoxy groups -OCH3 is 2. The molecule has 0 aliphatic heterocycles. The van der Waals surface area contributed by atoms with Crippen LogP contribution in [0.3, 0.4) is 0 Å². The van der Waals surface area contributed by atoms with E-state index in [0.717, 1.165) is 0 Å². The van der Waals surface area contributed by atoms with Gasteiger partial charge in [-0.15, -0.1) is 0 Å². The molecule has 4 atom stereocenters. The van der Waals surface area contributed by atoms with Crippen molar-refractivity contribution in [2.75, 3.05) is 14.2 Å². The Labute approximate surface area is 224 Å². The molecule has 0 saturated heterocycles. The number of ether oxygens (including phenoxy) is 2. The summed E-state index contributed by atoms with van der Waals surface area (Å²) in [6.07, 6.45) is -1.25. The van der Waals surface area contributed by atoms with Crippen molar-refractivity contribution in [3.63, 3.8) is 0 Å². The number of benzene rings is 4. The van der Waals surface area contributed by atoms with Gasteiger partial charge in [0.2, 0.25) is 0 Å². The number of phenols is 6. The summed E-state index contributed by atoms with van der Waals surface area (Å²) in [4.78, 5) is 0. The Morgan fingerprint density at radius 3 is 1.85 bits per heavy atom. The van der Waals surface area contributed by atoms with E-state index >= 15 is 0 Å². The van der Waals surface area contributed by atoms with Crippen molar-refractivity contribution < 1.29 is 45.2 Å². The van der Waals surface area contributed by atoms with Crippen molar-refractivity contribution in [1.82, 2.24) is 0 Å². The van der Waals surface area contributed by atoms with Crippen LogP contribution >= 0.6 is 0 Å². The molecule has 7 N–H and O–H groups in total. The molecule has 4 aromatic carbocycles. The van der Waals surface area contributed by atoms with Crippen molar-refractivity contribution in [3.8, 4) is 46.0 Å². The van der Waals surface area contributed by atoms with Crippen LogP contribution in [0.4, 0.5) is 0 Å². The summed E-state index contributed by atoms with van der Waals surface area (Å²) >= 11 is 0. The fraction of sp³-hybridized carbons (Fsp3) is 0.200. The van der Waals surface area contributed by atoms with Gasteiger partial charge < -0.3 is 45.2 Å². The summed E-state index contributed by atoms with van der Waals surface area (Å²) < 4.78 is 10.6. The highest BCUT2D eigenvalue weighted by molar-refractivity contribution is 5.62. The molecule has 1 aliphatic carbocycles. The molecule has 9 nitrogen and oxygen atoms in total. The molecule has 0 spiro atoms. The van der Waals surface area contributed by atoms with Gasteiger partial charge in [0, 0.05) is 35.4 Å². The number of hydrogen-bond donors (Lipinski definition) is 7. The topological polar surface area (TPSA) is 160 Å². The van der Waals surface area contributed by atoms with E-state index < -0.39 is 23.9 Å². The molecule has 0 fully saturated rings. The number of aliphatic hydroxyl groups is 1. The van der Waals surface area contributed by atoms with Crippen LogP contribution in [-0.4, -0.2) is 50.0 Å². The molecule has 0 radical (unpaired) electrons. The number of fused-ring (bicyclic) bond motifs is 1. The Hall–Kier alpha value is -4.76. The molecule has 1 aliphatic rings. The van der Waals surface area contributed by atoms with Gasteiger partial charge in [-0.25, -0.2) is 0 Å². The second-order valence-corrected chi connectivity index (χ2v) is 9.59. The lowest BCUT2D eigenvalue weighted by atomic mass is 9.74. The molecule has 0 aromatic heterocycles. The predicted octanol–water partition coefficient (Wildman–Crippen LogP) is 4.68. The highest BCUT2D eigenvalue weighted by atomic mass is 16.5. The SMILES string of the molecule is COc1cc([C@H]2c3c(O)cc(O)cc3[C@@H]([C@H](O)c3ccc(O)c(OC)c3)[C@@H]2c2cc(O)cc(O)c2)ccc1O. The van der Waals surface area contributed by atoms with Gasteiger partial charge in [-0.2, -0.15) is 0 Å². The van der Waals surface area contributed by atoms with E-state index in [0.29, 0.717) is 27.8 Å². The van der Waals surface area contributed by atoms with Crippen molar-refractivity contribution >= 4 is 0 Å². The Bertz CT molecular complexity index is 1530. The monoisotopic (exact) mass is 532 g/mol. The summed E-state index contributed by atoms with van der Waals surface area (Å²) in [5.41, 5.74) is 2.31. The predicted molar refractivity (Wildman–Crippen MR) is 141 cm³/mol. The Morgan fingerprint density at radius 1 is 0.615 bits per heavy atom.